The molecule has 3 nitrogen and oxygen atoms in total. The summed E-state index contributed by atoms with van der Waals surface area (Å²) < 4.78 is 0. The molecule has 0 radical (unpaired) electrons. The van der Waals surface area contributed by atoms with Crippen LogP contribution in [0, 0.1) is 40.4 Å². The second-order valence-electron chi connectivity index (χ2n) is 11.4. The van der Waals surface area contributed by atoms with Gasteiger partial charge in [-0.15, -0.1) is 0 Å². The summed E-state index contributed by atoms with van der Waals surface area (Å²) >= 11 is 0. The number of rotatable bonds is 2. The summed E-state index contributed by atoms with van der Waals surface area (Å²) in [5.74, 6) is 2.73. The van der Waals surface area contributed by atoms with Gasteiger partial charge in [-0.3, -0.25) is 0 Å². The Bertz CT molecular complexity index is 560. The van der Waals surface area contributed by atoms with Crippen LogP contribution < -0.4 is 0 Å². The third-order valence-electron chi connectivity index (χ3n) is 10.2. The number of hydrogen-bond donors (Lipinski definition) is 3. The van der Waals surface area contributed by atoms with Crippen molar-refractivity contribution in [2.75, 3.05) is 6.61 Å². The maximum atomic E-state index is 11.6. The van der Waals surface area contributed by atoms with Gasteiger partial charge in [-0.25, -0.2) is 0 Å². The maximum absolute atomic E-state index is 11.6. The molecule has 150 valence electrons. The second-order valence-corrected chi connectivity index (χ2v) is 11.4. The highest BCUT2D eigenvalue weighted by Crippen LogP contribution is 2.71. The van der Waals surface area contributed by atoms with E-state index in [1.807, 2.05) is 13.8 Å². The number of aliphatic hydroxyl groups excluding tert-OH is 1. The molecule has 9 atom stereocenters. The van der Waals surface area contributed by atoms with Gasteiger partial charge in [0.1, 0.15) is 0 Å². The first-order valence-corrected chi connectivity index (χ1v) is 11.1. The zero-order valence-corrected chi connectivity index (χ0v) is 17.3. The lowest BCUT2D eigenvalue weighted by atomic mass is 9.42. The molecule has 0 bridgehead atoms. The summed E-state index contributed by atoms with van der Waals surface area (Å²) in [6.07, 6.45) is 9.88. The predicted molar refractivity (Wildman–Crippen MR) is 104 cm³/mol. The van der Waals surface area contributed by atoms with E-state index < -0.39 is 11.2 Å². The molecule has 0 aromatic rings. The van der Waals surface area contributed by atoms with Crippen LogP contribution >= 0.6 is 0 Å². The van der Waals surface area contributed by atoms with Crippen molar-refractivity contribution >= 4 is 0 Å². The highest BCUT2D eigenvalue weighted by atomic mass is 16.3. The van der Waals surface area contributed by atoms with Gasteiger partial charge in [-0.2, -0.15) is 0 Å². The van der Waals surface area contributed by atoms with E-state index in [0.29, 0.717) is 17.3 Å². The van der Waals surface area contributed by atoms with E-state index in [1.54, 1.807) is 0 Å². The van der Waals surface area contributed by atoms with Gasteiger partial charge in [0.2, 0.25) is 0 Å². The van der Waals surface area contributed by atoms with E-state index in [4.69, 9.17) is 0 Å². The largest absolute Gasteiger partial charge is 0.396 e. The summed E-state index contributed by atoms with van der Waals surface area (Å²) in [5.41, 5.74) is -0.917. The van der Waals surface area contributed by atoms with Crippen molar-refractivity contribution in [3.8, 4) is 0 Å². The first-order valence-electron chi connectivity index (χ1n) is 11.1. The Morgan fingerprint density at radius 1 is 0.923 bits per heavy atom. The predicted octanol–water partition coefficient (Wildman–Crippen LogP) is 4.14. The summed E-state index contributed by atoms with van der Waals surface area (Å²) in [5, 5.41) is 32.0. The van der Waals surface area contributed by atoms with Gasteiger partial charge < -0.3 is 15.3 Å². The Hall–Kier alpha value is -0.120. The van der Waals surface area contributed by atoms with Gasteiger partial charge in [0, 0.05) is 17.9 Å². The zero-order chi connectivity index (χ0) is 19.0. The average Bonchev–Trinajstić information content (AvgIpc) is 2.87. The van der Waals surface area contributed by atoms with E-state index in [1.165, 1.54) is 25.7 Å². The van der Waals surface area contributed by atoms with Crippen molar-refractivity contribution in [2.24, 2.45) is 40.4 Å². The molecule has 0 aliphatic heterocycles. The molecule has 0 aromatic heterocycles. The summed E-state index contributed by atoms with van der Waals surface area (Å²) in [6, 6.07) is 0. The van der Waals surface area contributed by atoms with E-state index in [0.717, 1.165) is 43.9 Å². The first kappa shape index (κ1) is 19.2. The molecule has 4 aliphatic carbocycles. The minimum Gasteiger partial charge on any atom is -0.396 e. The summed E-state index contributed by atoms with van der Waals surface area (Å²) in [7, 11) is 0. The Labute approximate surface area is 159 Å². The fourth-order valence-electron chi connectivity index (χ4n) is 8.66. The molecule has 0 aromatic carbocycles. The van der Waals surface area contributed by atoms with Gasteiger partial charge >= 0.3 is 0 Å². The van der Waals surface area contributed by atoms with Gasteiger partial charge in [0.05, 0.1) is 11.2 Å². The summed E-state index contributed by atoms with van der Waals surface area (Å²) in [4.78, 5) is 0. The molecule has 4 aliphatic rings. The average molecular weight is 365 g/mol. The third kappa shape index (κ3) is 2.42. The van der Waals surface area contributed by atoms with Crippen molar-refractivity contribution in [1.82, 2.24) is 0 Å². The third-order valence-corrected chi connectivity index (χ3v) is 10.2. The smallest absolute Gasteiger partial charge is 0.0751 e. The van der Waals surface area contributed by atoms with Crippen molar-refractivity contribution in [1.29, 1.82) is 0 Å². The van der Waals surface area contributed by atoms with E-state index in [9.17, 15) is 15.3 Å². The van der Waals surface area contributed by atoms with Gasteiger partial charge in [-0.05, 0) is 93.8 Å². The summed E-state index contributed by atoms with van der Waals surface area (Å²) in [6.45, 7) is 9.00. The van der Waals surface area contributed by atoms with Crippen LogP contribution in [-0.2, 0) is 0 Å². The molecule has 3 N–H and O–H groups in total. The Morgan fingerprint density at radius 3 is 2.35 bits per heavy atom. The molecule has 0 heterocycles. The van der Waals surface area contributed by atoms with Gasteiger partial charge in [-0.1, -0.05) is 20.8 Å². The molecule has 0 saturated heterocycles. The van der Waals surface area contributed by atoms with Crippen LogP contribution in [-0.4, -0.2) is 33.1 Å². The lowest BCUT2D eigenvalue weighted by molar-refractivity contribution is -0.191. The molecular weight excluding hydrogens is 324 g/mol. The molecule has 4 saturated carbocycles. The molecule has 4 rings (SSSR count). The monoisotopic (exact) mass is 364 g/mol. The van der Waals surface area contributed by atoms with E-state index in [-0.39, 0.29) is 17.9 Å². The second kappa shape index (κ2) is 5.94. The highest BCUT2D eigenvalue weighted by molar-refractivity contribution is 5.17. The minimum atomic E-state index is -0.715. The zero-order valence-electron chi connectivity index (χ0n) is 17.3. The van der Waals surface area contributed by atoms with Gasteiger partial charge in [0.25, 0.3) is 0 Å². The van der Waals surface area contributed by atoms with E-state index in [2.05, 4.69) is 13.8 Å². The molecule has 3 heteroatoms. The van der Waals surface area contributed by atoms with Crippen molar-refractivity contribution in [2.45, 2.75) is 96.7 Å². The molecular formula is C23H40O3. The maximum Gasteiger partial charge on any atom is 0.0751 e. The molecule has 4 fully saturated rings. The lowest BCUT2D eigenvalue weighted by Crippen LogP contribution is -2.60. The Balaban J connectivity index is 1.63. The highest BCUT2D eigenvalue weighted by Gasteiger charge is 2.67. The first-order chi connectivity index (χ1) is 12.1. The minimum absolute atomic E-state index is 0.0428. The van der Waals surface area contributed by atoms with Crippen molar-refractivity contribution < 1.29 is 15.3 Å². The number of hydrogen-bond acceptors (Lipinski definition) is 3. The molecule has 0 amide bonds. The number of fused-ring (bicyclic) bond motifs is 5. The van der Waals surface area contributed by atoms with Gasteiger partial charge in [0.15, 0.2) is 0 Å². The number of aliphatic hydroxyl groups is 3. The standard InChI is InChI=1S/C23H40O3/c1-15(14-24)23(26)12-8-19-21(3)10-5-16-13-20(2,25)9-6-17(16)18(21)7-11-22(19,23)4/h15-19,24-26H,5-14H2,1-4H3/t15?,16?,17?,18-,19+,20-,21?,22?,23+/m1/s1. The van der Waals surface area contributed by atoms with Crippen LogP contribution in [0.25, 0.3) is 0 Å². The van der Waals surface area contributed by atoms with E-state index >= 15 is 0 Å². The Morgan fingerprint density at radius 2 is 1.65 bits per heavy atom. The van der Waals surface area contributed by atoms with Crippen LogP contribution in [0.5, 0.6) is 0 Å². The van der Waals surface area contributed by atoms with Crippen LogP contribution in [0.3, 0.4) is 0 Å². The van der Waals surface area contributed by atoms with Crippen LogP contribution in [0.15, 0.2) is 0 Å². The fourth-order valence-corrected chi connectivity index (χ4v) is 8.66. The lowest BCUT2D eigenvalue weighted by Gasteiger charge is -2.63. The van der Waals surface area contributed by atoms with Crippen LogP contribution in [0.4, 0.5) is 0 Å². The molecule has 0 spiro atoms. The fraction of sp³-hybridized carbons (Fsp3) is 1.00. The molecule has 26 heavy (non-hydrogen) atoms. The van der Waals surface area contributed by atoms with Crippen LogP contribution in [0.1, 0.15) is 85.5 Å². The quantitative estimate of drug-likeness (QED) is 0.690. The van der Waals surface area contributed by atoms with Crippen molar-refractivity contribution in [3.05, 3.63) is 0 Å². The Kier molecular flexibility index (Phi) is 4.39. The van der Waals surface area contributed by atoms with Crippen LogP contribution in [0.2, 0.25) is 0 Å². The normalized spacial score (nSPS) is 57.8. The topological polar surface area (TPSA) is 60.7 Å². The molecule has 5 unspecified atom stereocenters. The van der Waals surface area contributed by atoms with Crippen molar-refractivity contribution in [3.63, 3.8) is 0 Å². The SMILES string of the molecule is CC(CO)[C@@]1(O)CC[C@H]2C3(C)CCC4C[C@](C)(O)CCC4[C@H]3CCC21C.